The fourth-order valence-electron chi connectivity index (χ4n) is 2.51. The zero-order chi connectivity index (χ0) is 12.9. The van der Waals surface area contributed by atoms with E-state index in [-0.39, 0.29) is 24.0 Å². The molecular formula is C12H13NO4S. The maximum absolute atomic E-state index is 12.2. The van der Waals surface area contributed by atoms with E-state index in [1.165, 1.54) is 11.8 Å². The van der Waals surface area contributed by atoms with Gasteiger partial charge in [-0.1, -0.05) is 0 Å². The van der Waals surface area contributed by atoms with Crippen LogP contribution in [0.2, 0.25) is 0 Å². The highest BCUT2D eigenvalue weighted by molar-refractivity contribution is 8.03. The summed E-state index contributed by atoms with van der Waals surface area (Å²) in [7, 11) is 0. The highest BCUT2D eigenvalue weighted by Crippen LogP contribution is 2.46. The summed E-state index contributed by atoms with van der Waals surface area (Å²) in [5, 5.41) is 9.62. The van der Waals surface area contributed by atoms with Crippen molar-refractivity contribution in [3.8, 4) is 0 Å². The minimum Gasteiger partial charge on any atom is -0.481 e. The molecule has 18 heavy (non-hydrogen) atoms. The average molecular weight is 267 g/mol. The van der Waals surface area contributed by atoms with Gasteiger partial charge in [0.1, 0.15) is 0 Å². The van der Waals surface area contributed by atoms with Gasteiger partial charge in [-0.25, -0.2) is 0 Å². The fraction of sp³-hybridized carbons (Fsp3) is 0.583. The Bertz CT molecular complexity index is 480. The van der Waals surface area contributed by atoms with Gasteiger partial charge >= 0.3 is 5.97 Å². The number of rotatable bonds is 4. The second-order valence-corrected chi connectivity index (χ2v) is 5.93. The van der Waals surface area contributed by atoms with E-state index in [1.54, 1.807) is 4.90 Å². The number of aliphatic carboxylic acids is 1. The molecule has 0 aromatic heterocycles. The van der Waals surface area contributed by atoms with Crippen molar-refractivity contribution in [3.05, 3.63) is 10.6 Å². The van der Waals surface area contributed by atoms with Gasteiger partial charge in [-0.3, -0.25) is 14.4 Å². The number of carboxylic acids is 1. The molecule has 2 aliphatic heterocycles. The molecule has 1 N–H and O–H groups in total. The van der Waals surface area contributed by atoms with Gasteiger partial charge in [0.15, 0.2) is 5.78 Å². The third-order valence-electron chi connectivity index (χ3n) is 3.53. The summed E-state index contributed by atoms with van der Waals surface area (Å²) in [5.41, 5.74) is 0.479. The number of ketones is 1. The van der Waals surface area contributed by atoms with E-state index in [0.717, 1.165) is 23.6 Å². The first-order valence-corrected chi connectivity index (χ1v) is 7.02. The molecule has 1 saturated carbocycles. The van der Waals surface area contributed by atoms with E-state index >= 15 is 0 Å². The van der Waals surface area contributed by atoms with Crippen molar-refractivity contribution >= 4 is 29.4 Å². The SMILES string of the molecule is O=C(O)C[C@@H]1C(=O)N2CCSC2=C1C(=O)C1CC1. The molecule has 0 spiro atoms. The number of carbonyl (C=O) groups excluding carboxylic acids is 2. The standard InChI is InChI=1S/C12H13NO4S/c14-8(15)5-7-9(10(16)6-1-2-6)12-13(11(7)17)3-4-18-12/h6-7H,1-5H2,(H,14,15)/t7-/m0/s1. The van der Waals surface area contributed by atoms with E-state index in [4.69, 9.17) is 5.11 Å². The molecule has 0 aromatic rings. The van der Waals surface area contributed by atoms with E-state index in [2.05, 4.69) is 0 Å². The van der Waals surface area contributed by atoms with Gasteiger partial charge in [0.25, 0.3) is 0 Å². The molecule has 3 aliphatic rings. The van der Waals surface area contributed by atoms with Gasteiger partial charge in [0, 0.05) is 23.8 Å². The van der Waals surface area contributed by atoms with Crippen LogP contribution in [0.3, 0.4) is 0 Å². The van der Waals surface area contributed by atoms with Crippen LogP contribution in [0.25, 0.3) is 0 Å². The molecule has 0 bridgehead atoms. The first-order chi connectivity index (χ1) is 8.59. The molecule has 2 heterocycles. The van der Waals surface area contributed by atoms with Crippen molar-refractivity contribution < 1.29 is 19.5 Å². The quantitative estimate of drug-likeness (QED) is 0.817. The lowest BCUT2D eigenvalue weighted by Crippen LogP contribution is -2.29. The van der Waals surface area contributed by atoms with Crippen LogP contribution >= 0.6 is 11.8 Å². The summed E-state index contributed by atoms with van der Waals surface area (Å²) in [6, 6.07) is 0. The van der Waals surface area contributed by atoms with Crippen LogP contribution < -0.4 is 0 Å². The van der Waals surface area contributed by atoms with Crippen LogP contribution in [-0.2, 0) is 14.4 Å². The predicted octanol–water partition coefficient (Wildman–Crippen LogP) is 0.857. The molecule has 0 aromatic carbocycles. The lowest BCUT2D eigenvalue weighted by atomic mass is 9.92. The molecule has 5 nitrogen and oxygen atoms in total. The Labute approximate surface area is 108 Å². The van der Waals surface area contributed by atoms with E-state index < -0.39 is 11.9 Å². The van der Waals surface area contributed by atoms with Crippen LogP contribution in [0.4, 0.5) is 0 Å². The van der Waals surface area contributed by atoms with Crippen molar-refractivity contribution in [2.24, 2.45) is 11.8 Å². The number of fused-ring (bicyclic) bond motifs is 1. The lowest BCUT2D eigenvalue weighted by Gasteiger charge is -2.12. The number of carbonyl (C=O) groups is 3. The molecule has 1 saturated heterocycles. The third kappa shape index (κ3) is 1.75. The second kappa shape index (κ2) is 4.12. The first kappa shape index (κ1) is 11.8. The molecule has 96 valence electrons. The smallest absolute Gasteiger partial charge is 0.304 e. The summed E-state index contributed by atoms with van der Waals surface area (Å²) in [6.45, 7) is 0.594. The van der Waals surface area contributed by atoms with Crippen molar-refractivity contribution in [1.82, 2.24) is 4.90 Å². The number of hydrogen-bond donors (Lipinski definition) is 1. The van der Waals surface area contributed by atoms with Crippen LogP contribution in [0.5, 0.6) is 0 Å². The largest absolute Gasteiger partial charge is 0.481 e. The van der Waals surface area contributed by atoms with Gasteiger partial charge in [0.2, 0.25) is 5.91 Å². The maximum atomic E-state index is 12.2. The summed E-state index contributed by atoms with van der Waals surface area (Å²) in [6.07, 6.45) is 1.47. The van der Waals surface area contributed by atoms with E-state index in [9.17, 15) is 14.4 Å². The van der Waals surface area contributed by atoms with Crippen molar-refractivity contribution in [3.63, 3.8) is 0 Å². The topological polar surface area (TPSA) is 74.7 Å². The fourth-order valence-corrected chi connectivity index (χ4v) is 3.72. The van der Waals surface area contributed by atoms with E-state index in [0.29, 0.717) is 12.1 Å². The summed E-state index contributed by atoms with van der Waals surface area (Å²) < 4.78 is 0. The Morgan fingerprint density at radius 3 is 2.72 bits per heavy atom. The molecule has 1 amide bonds. The normalized spacial score (nSPS) is 26.8. The number of Topliss-reactive ketones (excluding diaryl/α,β-unsaturated/α-hetero) is 1. The third-order valence-corrected chi connectivity index (χ3v) is 4.63. The average Bonchev–Trinajstić information content (AvgIpc) is 3.00. The zero-order valence-electron chi connectivity index (χ0n) is 9.72. The Kier molecular flexibility index (Phi) is 2.69. The van der Waals surface area contributed by atoms with E-state index in [1.807, 2.05) is 0 Å². The van der Waals surface area contributed by atoms with Gasteiger partial charge in [-0.05, 0) is 12.8 Å². The van der Waals surface area contributed by atoms with Crippen molar-refractivity contribution in [1.29, 1.82) is 0 Å². The second-order valence-electron chi connectivity index (χ2n) is 4.85. The molecule has 3 rings (SSSR count). The zero-order valence-corrected chi connectivity index (χ0v) is 10.5. The van der Waals surface area contributed by atoms with Gasteiger partial charge < -0.3 is 10.0 Å². The number of amides is 1. The minimum atomic E-state index is -1.03. The molecule has 2 fully saturated rings. The monoisotopic (exact) mass is 267 g/mol. The highest BCUT2D eigenvalue weighted by Gasteiger charge is 2.48. The maximum Gasteiger partial charge on any atom is 0.304 e. The Morgan fingerprint density at radius 2 is 2.11 bits per heavy atom. The summed E-state index contributed by atoms with van der Waals surface area (Å²) in [4.78, 5) is 36.8. The highest BCUT2D eigenvalue weighted by atomic mass is 32.2. The van der Waals surface area contributed by atoms with Gasteiger partial charge in [-0.2, -0.15) is 0 Å². The number of nitrogens with zero attached hydrogens (tertiary/aromatic N) is 1. The predicted molar refractivity (Wildman–Crippen MR) is 64.7 cm³/mol. The van der Waals surface area contributed by atoms with Crippen LogP contribution in [-0.4, -0.2) is 40.0 Å². The van der Waals surface area contributed by atoms with Crippen molar-refractivity contribution in [2.45, 2.75) is 19.3 Å². The molecule has 0 unspecified atom stereocenters. The minimum absolute atomic E-state index is 0.00139. The summed E-state index contributed by atoms with van der Waals surface area (Å²) in [5.74, 6) is -1.16. The molecule has 1 atom stereocenters. The molecule has 1 aliphatic carbocycles. The Hall–Kier alpha value is -1.30. The number of carboxylic acid groups (broad SMARTS) is 1. The van der Waals surface area contributed by atoms with Gasteiger partial charge in [0.05, 0.1) is 17.4 Å². The molecular weight excluding hydrogens is 254 g/mol. The molecule has 0 radical (unpaired) electrons. The number of hydrogen-bond acceptors (Lipinski definition) is 4. The van der Waals surface area contributed by atoms with Crippen LogP contribution in [0.15, 0.2) is 10.6 Å². The molecule has 6 heteroatoms. The van der Waals surface area contributed by atoms with Crippen LogP contribution in [0.1, 0.15) is 19.3 Å². The summed E-state index contributed by atoms with van der Waals surface area (Å²) >= 11 is 1.50. The first-order valence-electron chi connectivity index (χ1n) is 6.04. The Balaban J connectivity index is 1.96. The Morgan fingerprint density at radius 1 is 1.39 bits per heavy atom. The lowest BCUT2D eigenvalue weighted by molar-refractivity contribution is -0.141. The van der Waals surface area contributed by atoms with Gasteiger partial charge in [-0.15, -0.1) is 11.8 Å². The number of thioether (sulfide) groups is 1. The van der Waals surface area contributed by atoms with Crippen molar-refractivity contribution in [2.75, 3.05) is 12.3 Å². The van der Waals surface area contributed by atoms with Crippen LogP contribution in [0, 0.1) is 11.8 Å².